The molecule has 0 aromatic heterocycles. The summed E-state index contributed by atoms with van der Waals surface area (Å²) < 4.78 is 0. The van der Waals surface area contributed by atoms with Crippen LogP contribution < -0.4 is 0 Å². The third-order valence-electron chi connectivity index (χ3n) is 1.28. The number of hydrogen-bond acceptors (Lipinski definition) is 0. The van der Waals surface area contributed by atoms with Crippen LogP contribution in [0.1, 0.15) is 16.7 Å². The minimum atomic E-state index is 0. The van der Waals surface area contributed by atoms with E-state index in [1.165, 1.54) is 16.7 Å². The molecule has 0 aliphatic heterocycles. The Bertz CT molecular complexity index is 173. The summed E-state index contributed by atoms with van der Waals surface area (Å²) in [5.74, 6) is 0. The predicted octanol–water partition coefficient (Wildman–Crippen LogP) is 3.25. The number of benzene rings is 1. The molecule has 0 N–H and O–H groups in total. The first-order valence-corrected chi connectivity index (χ1v) is 3.15. The van der Waals surface area contributed by atoms with Crippen LogP contribution in [-0.2, 0) is 21.1 Å². The van der Waals surface area contributed by atoms with Gasteiger partial charge in [0, 0.05) is 21.1 Å². The van der Waals surface area contributed by atoms with E-state index < -0.39 is 0 Å². The van der Waals surface area contributed by atoms with Gasteiger partial charge in [-0.3, -0.25) is 0 Å². The van der Waals surface area contributed by atoms with E-state index in [-0.39, 0.29) is 45.9 Å². The van der Waals surface area contributed by atoms with Gasteiger partial charge in [-0.2, -0.15) is 34.9 Å². The van der Waals surface area contributed by atoms with Crippen molar-refractivity contribution in [2.45, 2.75) is 20.8 Å². The molecule has 1 rings (SSSR count). The van der Waals surface area contributed by atoms with Crippen molar-refractivity contribution in [1.82, 2.24) is 0 Å². The van der Waals surface area contributed by atoms with Crippen LogP contribution in [0.3, 0.4) is 0 Å². The van der Waals surface area contributed by atoms with Gasteiger partial charge in [-0.15, -0.1) is 24.8 Å². The third kappa shape index (κ3) is 6.05. The predicted molar refractivity (Wildman–Crippen MR) is 54.0 cm³/mol. The van der Waals surface area contributed by atoms with Gasteiger partial charge in [0.2, 0.25) is 0 Å². The fourth-order valence-electron chi connectivity index (χ4n) is 1.11. The molecule has 0 amide bonds. The molecule has 0 heterocycles. The van der Waals surface area contributed by atoms with Crippen molar-refractivity contribution in [2.75, 3.05) is 0 Å². The molecule has 0 aliphatic rings. The van der Waals surface area contributed by atoms with Crippen LogP contribution in [0.2, 0.25) is 0 Å². The number of hydrogen-bond donors (Lipinski definition) is 0. The average Bonchev–Trinajstić information content (AvgIpc) is 1.59. The van der Waals surface area contributed by atoms with Crippen molar-refractivity contribution in [2.24, 2.45) is 0 Å². The van der Waals surface area contributed by atoms with Gasteiger partial charge in [-0.25, -0.2) is 0 Å². The van der Waals surface area contributed by atoms with Gasteiger partial charge >= 0.3 is 0 Å². The van der Waals surface area contributed by atoms with Crippen molar-refractivity contribution in [3.63, 3.8) is 0 Å². The monoisotopic (exact) mass is 386 g/mol. The molecule has 0 radical (unpaired) electrons. The van der Waals surface area contributed by atoms with Crippen molar-refractivity contribution in [1.29, 1.82) is 0 Å². The topological polar surface area (TPSA) is 0 Å². The van der Waals surface area contributed by atoms with Crippen LogP contribution in [0.4, 0.5) is 0 Å². The molecular formula is C9H13Cl2Pt-. The van der Waals surface area contributed by atoms with Crippen LogP contribution in [0.15, 0.2) is 12.1 Å². The molecule has 0 unspecified atom stereocenters. The fraction of sp³-hybridized carbons (Fsp3) is 0.333. The molecule has 12 heavy (non-hydrogen) atoms. The summed E-state index contributed by atoms with van der Waals surface area (Å²) in [4.78, 5) is 0. The van der Waals surface area contributed by atoms with Crippen molar-refractivity contribution in [3.05, 3.63) is 34.9 Å². The van der Waals surface area contributed by atoms with Crippen LogP contribution in [0, 0.1) is 26.8 Å². The van der Waals surface area contributed by atoms with Crippen LogP contribution in [-0.4, -0.2) is 0 Å². The van der Waals surface area contributed by atoms with Gasteiger partial charge in [0.05, 0.1) is 0 Å². The molecule has 0 aliphatic carbocycles. The molecule has 3 heteroatoms. The van der Waals surface area contributed by atoms with Gasteiger partial charge in [0.1, 0.15) is 0 Å². The molecule has 74 valence electrons. The van der Waals surface area contributed by atoms with Gasteiger partial charge in [0.25, 0.3) is 0 Å². The maximum Gasteiger partial charge on any atom is 0 e. The first-order valence-electron chi connectivity index (χ1n) is 3.15. The number of aryl methyl sites for hydroxylation is 3. The summed E-state index contributed by atoms with van der Waals surface area (Å²) in [6.07, 6.45) is 0. The quantitative estimate of drug-likeness (QED) is 0.600. The Hall–Kier alpha value is 0.488. The molecule has 1 aromatic carbocycles. The summed E-state index contributed by atoms with van der Waals surface area (Å²) in [5, 5.41) is 0. The summed E-state index contributed by atoms with van der Waals surface area (Å²) in [7, 11) is 0. The van der Waals surface area contributed by atoms with Crippen molar-refractivity contribution in [3.8, 4) is 0 Å². The Morgan fingerprint density at radius 3 is 1.50 bits per heavy atom. The van der Waals surface area contributed by atoms with Gasteiger partial charge < -0.3 is 0 Å². The normalized spacial score (nSPS) is 7.25. The maximum atomic E-state index is 3.21. The van der Waals surface area contributed by atoms with E-state index in [0.717, 1.165) is 0 Å². The third-order valence-corrected chi connectivity index (χ3v) is 1.28. The van der Waals surface area contributed by atoms with E-state index in [9.17, 15) is 0 Å². The van der Waals surface area contributed by atoms with Crippen molar-refractivity contribution >= 4 is 24.8 Å². The minimum Gasteiger partial charge on any atom is -0.177 e. The van der Waals surface area contributed by atoms with E-state index in [0.29, 0.717) is 0 Å². The summed E-state index contributed by atoms with van der Waals surface area (Å²) >= 11 is 0. The standard InChI is InChI=1S/C9H11.2ClH.Pt/c1-7-4-8(2)6-9(3)5-7;;;/h4-5H,1-3H3;2*1H;/q-1;;;. The Morgan fingerprint density at radius 1 is 0.917 bits per heavy atom. The van der Waals surface area contributed by atoms with E-state index in [4.69, 9.17) is 0 Å². The Labute approximate surface area is 101 Å². The minimum absolute atomic E-state index is 0. The smallest absolute Gasteiger partial charge is 0 e. The van der Waals surface area contributed by atoms with Gasteiger partial charge in [0.15, 0.2) is 0 Å². The molecular weight excluding hydrogens is 374 g/mol. The molecule has 0 spiro atoms. The van der Waals surface area contributed by atoms with E-state index in [2.05, 4.69) is 39.0 Å². The second-order valence-corrected chi connectivity index (χ2v) is 2.52. The summed E-state index contributed by atoms with van der Waals surface area (Å²) in [5.41, 5.74) is 3.78. The second kappa shape index (κ2) is 8.10. The Balaban J connectivity index is -0.000000270. The molecule has 0 bridgehead atoms. The van der Waals surface area contributed by atoms with Crippen LogP contribution in [0.5, 0.6) is 0 Å². The molecule has 0 nitrogen and oxygen atoms in total. The largest absolute Gasteiger partial charge is 0.177 e. The average molecular weight is 387 g/mol. The van der Waals surface area contributed by atoms with E-state index in [1.54, 1.807) is 0 Å². The van der Waals surface area contributed by atoms with E-state index >= 15 is 0 Å². The molecule has 0 saturated carbocycles. The van der Waals surface area contributed by atoms with Crippen LogP contribution >= 0.6 is 24.8 Å². The zero-order valence-corrected chi connectivity index (χ0v) is 11.2. The van der Waals surface area contributed by atoms with Crippen molar-refractivity contribution < 1.29 is 21.1 Å². The Morgan fingerprint density at radius 2 is 1.25 bits per heavy atom. The van der Waals surface area contributed by atoms with Gasteiger partial charge in [-0.05, 0) is 0 Å². The molecule has 0 fully saturated rings. The first kappa shape index (κ1) is 18.3. The second-order valence-electron chi connectivity index (χ2n) is 2.52. The van der Waals surface area contributed by atoms with E-state index in [1.807, 2.05) is 0 Å². The molecule has 1 aromatic rings. The zero-order valence-electron chi connectivity index (χ0n) is 7.29. The fourth-order valence-corrected chi connectivity index (χ4v) is 1.11. The first-order chi connectivity index (χ1) is 4.18. The summed E-state index contributed by atoms with van der Waals surface area (Å²) in [6, 6.07) is 7.47. The number of halogens is 2. The zero-order chi connectivity index (χ0) is 6.85. The summed E-state index contributed by atoms with van der Waals surface area (Å²) in [6.45, 7) is 6.24. The maximum absolute atomic E-state index is 3.21. The Kier molecular flexibility index (Phi) is 12.4. The molecule has 0 saturated heterocycles. The number of rotatable bonds is 0. The molecule has 0 atom stereocenters. The van der Waals surface area contributed by atoms with Gasteiger partial charge in [-0.1, -0.05) is 20.8 Å². The SMILES string of the molecule is Cc1[c-]c(C)cc(C)c1.Cl.Cl.[Pt]. The van der Waals surface area contributed by atoms with Crippen LogP contribution in [0.25, 0.3) is 0 Å².